The topological polar surface area (TPSA) is 46.3 Å². The predicted octanol–water partition coefficient (Wildman–Crippen LogP) is 2.29. The Hall–Kier alpha value is -1.56. The Morgan fingerprint density at radius 3 is 2.61 bits per heavy atom. The number of amides is 1. The predicted molar refractivity (Wildman–Crippen MR) is 59.3 cm³/mol. The van der Waals surface area contributed by atoms with Gasteiger partial charge in [-0.1, -0.05) is 18.2 Å². The zero-order chi connectivity index (χ0) is 13.3. The van der Waals surface area contributed by atoms with Crippen LogP contribution in [0.25, 0.3) is 0 Å². The van der Waals surface area contributed by atoms with Crippen molar-refractivity contribution in [3.8, 4) is 0 Å². The second kappa shape index (κ2) is 4.61. The zero-order valence-corrected chi connectivity index (χ0v) is 9.57. The minimum Gasteiger partial charge on any atom is -0.280 e. The number of carbonyl (C=O) groups excluding carboxylic acids is 1. The van der Waals surface area contributed by atoms with Gasteiger partial charge in [0.1, 0.15) is 0 Å². The van der Waals surface area contributed by atoms with E-state index in [9.17, 15) is 18.0 Å². The second-order valence-corrected chi connectivity index (χ2v) is 4.31. The maximum absolute atomic E-state index is 12.9. The van der Waals surface area contributed by atoms with Crippen molar-refractivity contribution in [3.05, 3.63) is 35.4 Å². The van der Waals surface area contributed by atoms with E-state index in [0.717, 1.165) is 11.1 Å². The molecule has 2 N–H and O–H groups in total. The molecule has 1 fully saturated rings. The lowest BCUT2D eigenvalue weighted by atomic mass is 9.87. The summed E-state index contributed by atoms with van der Waals surface area (Å²) >= 11 is 0. The number of rotatable bonds is 1. The van der Waals surface area contributed by atoms with Crippen LogP contribution in [-0.2, 0) is 11.0 Å². The molecule has 1 aromatic rings. The molecule has 0 aliphatic carbocycles. The van der Waals surface area contributed by atoms with Gasteiger partial charge in [-0.2, -0.15) is 13.2 Å². The van der Waals surface area contributed by atoms with E-state index in [-0.39, 0.29) is 5.56 Å². The number of carbonyl (C=O) groups is 1. The smallest absolute Gasteiger partial charge is 0.280 e. The van der Waals surface area contributed by atoms with Crippen molar-refractivity contribution in [2.75, 3.05) is 6.54 Å². The lowest BCUT2D eigenvalue weighted by molar-refractivity contribution is -0.140. The summed E-state index contributed by atoms with van der Waals surface area (Å²) in [5.74, 6) is 4.23. The van der Waals surface area contributed by atoms with Crippen molar-refractivity contribution in [2.45, 2.75) is 24.9 Å². The molecule has 2 rings (SSSR count). The highest BCUT2D eigenvalue weighted by Gasteiger charge is 2.38. The fraction of sp³-hybridized carbons (Fsp3) is 0.417. The fourth-order valence-electron chi connectivity index (χ4n) is 2.25. The molecular weight excluding hydrogens is 245 g/mol. The van der Waals surface area contributed by atoms with Crippen molar-refractivity contribution >= 4 is 5.91 Å². The van der Waals surface area contributed by atoms with Crippen LogP contribution >= 0.6 is 0 Å². The lowest BCUT2D eigenvalue weighted by Crippen LogP contribution is -2.45. The van der Waals surface area contributed by atoms with Crippen molar-refractivity contribution in [1.82, 2.24) is 5.01 Å². The minimum atomic E-state index is -4.45. The number of halogens is 3. The number of benzene rings is 1. The zero-order valence-electron chi connectivity index (χ0n) is 9.57. The highest BCUT2D eigenvalue weighted by Crippen LogP contribution is 2.37. The molecule has 0 aromatic heterocycles. The minimum absolute atomic E-state index is 0.0187. The van der Waals surface area contributed by atoms with Crippen LogP contribution in [0.5, 0.6) is 0 Å². The van der Waals surface area contributed by atoms with Crippen LogP contribution in [0, 0.1) is 0 Å². The summed E-state index contributed by atoms with van der Waals surface area (Å²) in [6.45, 7) is 0.392. The van der Waals surface area contributed by atoms with Crippen molar-refractivity contribution in [1.29, 1.82) is 0 Å². The van der Waals surface area contributed by atoms with Gasteiger partial charge in [0.05, 0.1) is 11.5 Å². The average Bonchev–Trinajstić information content (AvgIpc) is 2.32. The van der Waals surface area contributed by atoms with Crippen molar-refractivity contribution in [2.24, 2.45) is 5.84 Å². The molecule has 1 saturated heterocycles. The van der Waals surface area contributed by atoms with Gasteiger partial charge >= 0.3 is 6.18 Å². The number of hydrogen-bond donors (Lipinski definition) is 1. The molecule has 1 aromatic carbocycles. The summed E-state index contributed by atoms with van der Waals surface area (Å²) in [4.78, 5) is 11.8. The van der Waals surface area contributed by atoms with Gasteiger partial charge < -0.3 is 0 Å². The summed E-state index contributed by atoms with van der Waals surface area (Å²) in [5, 5.41) is 1.00. The lowest BCUT2D eigenvalue weighted by Gasteiger charge is -2.30. The normalized spacial score (nSPS) is 21.2. The van der Waals surface area contributed by atoms with Gasteiger partial charge in [0, 0.05) is 6.54 Å². The third kappa shape index (κ3) is 2.33. The molecule has 6 heteroatoms. The third-order valence-corrected chi connectivity index (χ3v) is 3.11. The van der Waals surface area contributed by atoms with Crippen molar-refractivity contribution < 1.29 is 18.0 Å². The first-order chi connectivity index (χ1) is 8.41. The van der Waals surface area contributed by atoms with E-state index >= 15 is 0 Å². The van der Waals surface area contributed by atoms with Gasteiger partial charge in [0.2, 0.25) is 5.91 Å². The molecule has 1 unspecified atom stereocenters. The monoisotopic (exact) mass is 258 g/mol. The van der Waals surface area contributed by atoms with Gasteiger partial charge in [0.15, 0.2) is 0 Å². The summed E-state index contributed by atoms with van der Waals surface area (Å²) < 4.78 is 38.6. The Bertz CT molecular complexity index is 459. The molecule has 98 valence electrons. The SMILES string of the molecule is NN1CCCC(c2ccccc2C(F)(F)F)C1=O. The largest absolute Gasteiger partial charge is 0.416 e. The molecule has 0 bridgehead atoms. The van der Waals surface area contributed by atoms with Crippen LogP contribution < -0.4 is 5.84 Å². The van der Waals surface area contributed by atoms with E-state index in [1.54, 1.807) is 0 Å². The Morgan fingerprint density at radius 1 is 1.28 bits per heavy atom. The molecule has 1 atom stereocenters. The number of piperidine rings is 1. The van der Waals surface area contributed by atoms with Crippen LogP contribution in [0.3, 0.4) is 0 Å². The maximum atomic E-state index is 12.9. The molecular formula is C12H13F3N2O. The molecule has 1 aliphatic heterocycles. The highest BCUT2D eigenvalue weighted by molar-refractivity contribution is 5.84. The van der Waals surface area contributed by atoms with Gasteiger partial charge in [-0.05, 0) is 24.5 Å². The first-order valence-electron chi connectivity index (χ1n) is 5.63. The Balaban J connectivity index is 2.42. The fourth-order valence-corrected chi connectivity index (χ4v) is 2.25. The van der Waals surface area contributed by atoms with Gasteiger partial charge in [0.25, 0.3) is 0 Å². The summed E-state index contributed by atoms with van der Waals surface area (Å²) in [5.41, 5.74) is -0.733. The third-order valence-electron chi connectivity index (χ3n) is 3.11. The van der Waals surface area contributed by atoms with Crippen LogP contribution in [0.15, 0.2) is 24.3 Å². The molecule has 1 amide bonds. The first-order valence-corrected chi connectivity index (χ1v) is 5.63. The Morgan fingerprint density at radius 2 is 1.94 bits per heavy atom. The van der Waals surface area contributed by atoms with Crippen LogP contribution in [0.2, 0.25) is 0 Å². The van der Waals surface area contributed by atoms with Crippen LogP contribution in [0.4, 0.5) is 13.2 Å². The summed E-state index contributed by atoms with van der Waals surface area (Å²) in [6, 6.07) is 5.18. The van der Waals surface area contributed by atoms with Gasteiger partial charge in [-0.15, -0.1) is 0 Å². The number of hydrazine groups is 1. The van der Waals surface area contributed by atoms with Crippen LogP contribution in [-0.4, -0.2) is 17.5 Å². The second-order valence-electron chi connectivity index (χ2n) is 4.31. The molecule has 0 saturated carbocycles. The van der Waals surface area contributed by atoms with E-state index in [2.05, 4.69) is 0 Å². The first kappa shape index (κ1) is 12.9. The quantitative estimate of drug-likeness (QED) is 0.620. The average molecular weight is 258 g/mol. The Kier molecular flexibility index (Phi) is 3.30. The van der Waals surface area contributed by atoms with E-state index < -0.39 is 23.6 Å². The van der Waals surface area contributed by atoms with E-state index in [4.69, 9.17) is 5.84 Å². The molecule has 1 heterocycles. The number of hydrogen-bond acceptors (Lipinski definition) is 2. The summed E-state index contributed by atoms with van der Waals surface area (Å²) in [7, 11) is 0. The van der Waals surface area contributed by atoms with E-state index in [1.165, 1.54) is 18.2 Å². The number of nitrogens with two attached hydrogens (primary N) is 1. The van der Waals surface area contributed by atoms with E-state index in [0.29, 0.717) is 19.4 Å². The standard InChI is InChI=1S/C12H13F3N2O/c13-12(14,15)10-6-2-1-4-8(10)9-5-3-7-17(16)11(9)18/h1-2,4,6,9H,3,5,7,16H2. The Labute approximate surface area is 102 Å². The van der Waals surface area contributed by atoms with Gasteiger partial charge in [-0.25, -0.2) is 5.84 Å². The number of alkyl halides is 3. The highest BCUT2D eigenvalue weighted by atomic mass is 19.4. The van der Waals surface area contributed by atoms with Gasteiger partial charge in [-0.3, -0.25) is 9.80 Å². The number of nitrogens with zero attached hydrogens (tertiary/aromatic N) is 1. The molecule has 0 spiro atoms. The maximum Gasteiger partial charge on any atom is 0.416 e. The van der Waals surface area contributed by atoms with E-state index in [1.807, 2.05) is 0 Å². The molecule has 0 radical (unpaired) electrons. The summed E-state index contributed by atoms with van der Waals surface area (Å²) in [6.07, 6.45) is -3.44. The molecule has 1 aliphatic rings. The van der Waals surface area contributed by atoms with Crippen molar-refractivity contribution in [3.63, 3.8) is 0 Å². The van der Waals surface area contributed by atoms with Crippen LogP contribution in [0.1, 0.15) is 29.9 Å². The molecule has 3 nitrogen and oxygen atoms in total. The molecule has 18 heavy (non-hydrogen) atoms.